The molecule has 0 atom stereocenters. The number of fused-ring (bicyclic) bond motifs is 1. The lowest BCUT2D eigenvalue weighted by Gasteiger charge is -2.32. The van der Waals surface area contributed by atoms with Crippen LogP contribution in [0, 0.1) is 6.92 Å². The average molecular weight is 499 g/mol. The van der Waals surface area contributed by atoms with Gasteiger partial charge in [0.2, 0.25) is 0 Å². The molecule has 5 aromatic rings. The fourth-order valence-corrected chi connectivity index (χ4v) is 4.88. The highest BCUT2D eigenvalue weighted by atomic mass is 16.7. The highest BCUT2D eigenvalue weighted by Crippen LogP contribution is 2.38. The molecule has 1 aliphatic heterocycles. The van der Waals surface area contributed by atoms with Crippen LogP contribution in [0.25, 0.3) is 44.7 Å². The summed E-state index contributed by atoms with van der Waals surface area (Å²) in [6.07, 6.45) is 0. The van der Waals surface area contributed by atoms with Gasteiger partial charge in [-0.05, 0) is 62.0 Å². The second-order valence-electron chi connectivity index (χ2n) is 10.8. The molecule has 0 N–H and O–H groups in total. The summed E-state index contributed by atoms with van der Waals surface area (Å²) in [4.78, 5) is 13.9. The van der Waals surface area contributed by atoms with E-state index in [9.17, 15) is 0 Å². The number of aryl methyl sites for hydroxylation is 1. The van der Waals surface area contributed by atoms with Gasteiger partial charge in [0.1, 0.15) is 5.82 Å². The van der Waals surface area contributed by atoms with Crippen LogP contribution in [0.4, 0.5) is 0 Å². The first-order chi connectivity index (χ1) is 18.2. The van der Waals surface area contributed by atoms with Crippen molar-refractivity contribution in [1.82, 2.24) is 15.0 Å². The van der Waals surface area contributed by atoms with Crippen LogP contribution in [0.15, 0.2) is 91.0 Å². The number of nitrogens with zero attached hydrogens (tertiary/aromatic N) is 3. The van der Waals surface area contributed by atoms with E-state index in [4.69, 9.17) is 14.3 Å². The molecule has 6 heteroatoms. The zero-order chi connectivity index (χ0) is 26.5. The number of hydrogen-bond donors (Lipinski definition) is 0. The van der Waals surface area contributed by atoms with Crippen LogP contribution in [0.5, 0.6) is 0 Å². The van der Waals surface area contributed by atoms with Crippen molar-refractivity contribution in [2.24, 2.45) is 0 Å². The van der Waals surface area contributed by atoms with Crippen molar-refractivity contribution in [3.8, 4) is 33.9 Å². The molecule has 0 bridgehead atoms. The van der Waals surface area contributed by atoms with Crippen molar-refractivity contribution in [2.75, 3.05) is 0 Å². The molecule has 1 fully saturated rings. The van der Waals surface area contributed by atoms with E-state index in [-0.39, 0.29) is 11.2 Å². The van der Waals surface area contributed by atoms with Gasteiger partial charge >= 0.3 is 7.12 Å². The van der Waals surface area contributed by atoms with Crippen molar-refractivity contribution in [3.63, 3.8) is 0 Å². The maximum atomic E-state index is 6.38. The first-order valence-electron chi connectivity index (χ1n) is 13.0. The number of hydrogen-bond acceptors (Lipinski definition) is 5. The van der Waals surface area contributed by atoms with E-state index in [1.165, 1.54) is 0 Å². The Morgan fingerprint density at radius 3 is 1.71 bits per heavy atom. The molecule has 2 heterocycles. The Morgan fingerprint density at radius 2 is 1.08 bits per heavy atom. The number of aromatic nitrogens is 3. The van der Waals surface area contributed by atoms with Gasteiger partial charge in [-0.15, -0.1) is 0 Å². The lowest BCUT2D eigenvalue weighted by atomic mass is 9.75. The van der Waals surface area contributed by atoms with Gasteiger partial charge in [-0.3, -0.25) is 0 Å². The third kappa shape index (κ3) is 4.30. The van der Waals surface area contributed by atoms with Crippen LogP contribution in [0.2, 0.25) is 0 Å². The van der Waals surface area contributed by atoms with Gasteiger partial charge in [0.05, 0.1) is 11.2 Å². The maximum Gasteiger partial charge on any atom is 0.495 e. The van der Waals surface area contributed by atoms with E-state index in [0.29, 0.717) is 17.5 Å². The van der Waals surface area contributed by atoms with E-state index in [2.05, 4.69) is 98.3 Å². The molecule has 38 heavy (non-hydrogen) atoms. The molecule has 0 aliphatic carbocycles. The average Bonchev–Trinajstić information content (AvgIpc) is 3.14. The minimum atomic E-state index is -0.410. The zero-order valence-corrected chi connectivity index (χ0v) is 22.4. The molecule has 1 saturated heterocycles. The van der Waals surface area contributed by atoms with Crippen LogP contribution < -0.4 is 5.46 Å². The summed E-state index contributed by atoms with van der Waals surface area (Å²) in [6.45, 7) is 10.2. The molecule has 0 spiro atoms. The summed E-state index contributed by atoms with van der Waals surface area (Å²) < 4.78 is 12.8. The smallest absolute Gasteiger partial charge is 0.399 e. The Labute approximate surface area is 224 Å². The first-order valence-corrected chi connectivity index (χ1v) is 13.0. The highest BCUT2D eigenvalue weighted by Gasteiger charge is 2.52. The molecule has 188 valence electrons. The second-order valence-corrected chi connectivity index (χ2v) is 10.8. The topological polar surface area (TPSA) is 57.1 Å². The molecule has 4 aromatic carbocycles. The molecule has 0 amide bonds. The summed E-state index contributed by atoms with van der Waals surface area (Å²) in [5, 5.41) is 2.29. The lowest BCUT2D eigenvalue weighted by Crippen LogP contribution is -2.41. The van der Waals surface area contributed by atoms with Crippen LogP contribution in [0.1, 0.15) is 33.5 Å². The van der Waals surface area contributed by atoms with Crippen molar-refractivity contribution in [1.29, 1.82) is 0 Å². The van der Waals surface area contributed by atoms with E-state index in [0.717, 1.165) is 38.5 Å². The lowest BCUT2D eigenvalue weighted by molar-refractivity contribution is 0.00578. The molecule has 0 unspecified atom stereocenters. The first kappa shape index (κ1) is 24.5. The predicted molar refractivity (Wildman–Crippen MR) is 154 cm³/mol. The summed E-state index contributed by atoms with van der Waals surface area (Å²) in [5.41, 5.74) is 4.48. The van der Waals surface area contributed by atoms with Gasteiger partial charge in [0.15, 0.2) is 11.6 Å². The van der Waals surface area contributed by atoms with E-state index >= 15 is 0 Å². The Balaban J connectivity index is 1.36. The van der Waals surface area contributed by atoms with Crippen LogP contribution in [-0.4, -0.2) is 33.3 Å². The molecule has 5 nitrogen and oxygen atoms in total. The van der Waals surface area contributed by atoms with Gasteiger partial charge in [-0.2, -0.15) is 0 Å². The molecule has 1 aliphatic rings. The van der Waals surface area contributed by atoms with Gasteiger partial charge in [0, 0.05) is 11.1 Å². The minimum Gasteiger partial charge on any atom is -0.399 e. The molecule has 1 aromatic heterocycles. The molecule has 0 saturated carbocycles. The number of benzene rings is 4. The van der Waals surface area contributed by atoms with Crippen LogP contribution in [-0.2, 0) is 9.31 Å². The van der Waals surface area contributed by atoms with Crippen LogP contribution in [0.3, 0.4) is 0 Å². The fraction of sp³-hybridized carbons (Fsp3) is 0.219. The Kier molecular flexibility index (Phi) is 5.90. The molecule has 6 rings (SSSR count). The molecular formula is C32H30BN3O2. The minimum absolute atomic E-state index is 0.388. The quantitative estimate of drug-likeness (QED) is 0.260. The van der Waals surface area contributed by atoms with Gasteiger partial charge in [0.25, 0.3) is 0 Å². The van der Waals surface area contributed by atoms with Crippen molar-refractivity contribution < 1.29 is 9.31 Å². The zero-order valence-electron chi connectivity index (χ0n) is 22.4. The molecular weight excluding hydrogens is 469 g/mol. The molecule has 0 radical (unpaired) electrons. The number of rotatable bonds is 4. The third-order valence-electron chi connectivity index (χ3n) is 7.70. The normalized spacial score (nSPS) is 16.2. The van der Waals surface area contributed by atoms with Gasteiger partial charge in [-0.1, -0.05) is 91.0 Å². The largest absolute Gasteiger partial charge is 0.495 e. The standard InChI is InChI=1S/C32H30BN3O2/c1-21-34-29(23-11-7-6-8-12-23)36-30(35-21)24-17-15-22(16-18-24)25-19-20-28(27-14-10-9-13-26(25)27)33-37-31(2,3)32(4,5)38-33/h6-20H,1-5H3. The predicted octanol–water partition coefficient (Wildman–Crippen LogP) is 6.63. The SMILES string of the molecule is Cc1nc(-c2ccccc2)nc(-c2ccc(-c3ccc(B4OC(C)(C)C(C)(C)O4)c4ccccc34)cc2)n1. The van der Waals surface area contributed by atoms with Crippen molar-refractivity contribution >= 4 is 23.4 Å². The van der Waals surface area contributed by atoms with E-state index in [1.54, 1.807) is 0 Å². The highest BCUT2D eigenvalue weighted by molar-refractivity contribution is 6.65. The van der Waals surface area contributed by atoms with Crippen molar-refractivity contribution in [2.45, 2.75) is 45.8 Å². The van der Waals surface area contributed by atoms with Gasteiger partial charge < -0.3 is 9.31 Å². The van der Waals surface area contributed by atoms with Crippen molar-refractivity contribution in [3.05, 3.63) is 96.8 Å². The summed E-state index contributed by atoms with van der Waals surface area (Å²) in [6, 6.07) is 31.2. The Bertz CT molecular complexity index is 1620. The summed E-state index contributed by atoms with van der Waals surface area (Å²) in [5.74, 6) is 2.05. The van der Waals surface area contributed by atoms with E-state index in [1.807, 2.05) is 37.3 Å². The van der Waals surface area contributed by atoms with Crippen LogP contribution >= 0.6 is 0 Å². The van der Waals surface area contributed by atoms with E-state index < -0.39 is 7.12 Å². The summed E-state index contributed by atoms with van der Waals surface area (Å²) >= 11 is 0. The fourth-order valence-electron chi connectivity index (χ4n) is 4.88. The third-order valence-corrected chi connectivity index (χ3v) is 7.70. The van der Waals surface area contributed by atoms with Gasteiger partial charge in [-0.25, -0.2) is 15.0 Å². The second kappa shape index (κ2) is 9.16. The monoisotopic (exact) mass is 499 g/mol. The Hall–Kier alpha value is -3.87. The summed E-state index contributed by atoms with van der Waals surface area (Å²) in [7, 11) is -0.410. The maximum absolute atomic E-state index is 6.38. The Morgan fingerprint density at radius 1 is 0.553 bits per heavy atom.